The van der Waals surface area contributed by atoms with Gasteiger partial charge in [-0.2, -0.15) is 0 Å². The second-order valence-electron chi connectivity index (χ2n) is 2.56. The lowest BCUT2D eigenvalue weighted by molar-refractivity contribution is 0.624. The molecule has 0 bridgehead atoms. The lowest BCUT2D eigenvalue weighted by Crippen LogP contribution is -1.77. The van der Waals surface area contributed by atoms with Crippen LogP contribution in [0, 0.1) is 0 Å². The van der Waals surface area contributed by atoms with Crippen LogP contribution in [0.4, 0.5) is 0 Å². The summed E-state index contributed by atoms with van der Waals surface area (Å²) in [6, 6.07) is 0. The van der Waals surface area contributed by atoms with Crippen LogP contribution >= 0.6 is 24.8 Å². The van der Waals surface area contributed by atoms with Crippen molar-refractivity contribution < 1.29 is 0 Å². The van der Waals surface area contributed by atoms with Crippen LogP contribution in [0.2, 0.25) is 6.32 Å². The number of hydrogen-bond donors (Lipinski definition) is 0. The minimum atomic E-state index is 0. The molecule has 0 rings (SSSR count). The molecule has 0 aliphatic rings. The van der Waals surface area contributed by atoms with Crippen LogP contribution in [0.3, 0.4) is 0 Å². The van der Waals surface area contributed by atoms with E-state index in [1.165, 1.54) is 38.5 Å². The van der Waals surface area contributed by atoms with Gasteiger partial charge in [-0.1, -0.05) is 51.8 Å². The Kier molecular flexibility index (Phi) is 27.2. The molecule has 0 spiro atoms. The van der Waals surface area contributed by atoms with Crippen molar-refractivity contribution in [1.29, 1.82) is 0 Å². The summed E-state index contributed by atoms with van der Waals surface area (Å²) in [5.74, 6) is 0. The monoisotopic (exact) mass is 196 g/mol. The van der Waals surface area contributed by atoms with E-state index in [0.717, 1.165) is 6.32 Å². The number of unbranched alkanes of at least 4 members (excludes halogenated alkanes) is 5. The molecule has 0 fully saturated rings. The van der Waals surface area contributed by atoms with Crippen LogP contribution in [0.5, 0.6) is 0 Å². The molecule has 0 aromatic carbocycles. The van der Waals surface area contributed by atoms with E-state index >= 15 is 0 Å². The zero-order valence-corrected chi connectivity index (χ0v) is 8.98. The predicted molar refractivity (Wildman–Crippen MR) is 58.4 cm³/mol. The van der Waals surface area contributed by atoms with Gasteiger partial charge in [0.25, 0.3) is 0 Å². The molecule has 0 aliphatic carbocycles. The average molecular weight is 197 g/mol. The first-order valence-electron chi connectivity index (χ1n) is 4.12. The first kappa shape index (κ1) is 17.7. The summed E-state index contributed by atoms with van der Waals surface area (Å²) in [5.41, 5.74) is 0. The number of hydrogen-bond acceptors (Lipinski definition) is 0. The standard InChI is InChI=1S/C8H17B.2ClH/c1-2-3-4-5-6-7-8-9;;/h2-8H2,1H3;2*1H. The Balaban J connectivity index is -0.000000320. The number of rotatable bonds is 6. The Morgan fingerprint density at radius 1 is 0.818 bits per heavy atom. The highest BCUT2D eigenvalue weighted by Crippen LogP contribution is 2.05. The quantitative estimate of drug-likeness (QED) is 0.448. The van der Waals surface area contributed by atoms with E-state index in [1.54, 1.807) is 0 Å². The fourth-order valence-corrected chi connectivity index (χ4v) is 0.925. The van der Waals surface area contributed by atoms with Crippen molar-refractivity contribution in [1.82, 2.24) is 0 Å². The van der Waals surface area contributed by atoms with E-state index < -0.39 is 0 Å². The zero-order chi connectivity index (χ0) is 6.95. The van der Waals surface area contributed by atoms with Gasteiger partial charge >= 0.3 is 0 Å². The largest absolute Gasteiger partial charge is 0.147 e. The van der Waals surface area contributed by atoms with E-state index in [-0.39, 0.29) is 24.8 Å². The maximum Gasteiger partial charge on any atom is 0.0653 e. The van der Waals surface area contributed by atoms with Gasteiger partial charge in [0.15, 0.2) is 0 Å². The maximum absolute atomic E-state index is 5.34. The van der Waals surface area contributed by atoms with Crippen LogP contribution in [-0.4, -0.2) is 7.85 Å². The van der Waals surface area contributed by atoms with Gasteiger partial charge in [0.2, 0.25) is 0 Å². The molecular weight excluding hydrogens is 178 g/mol. The molecule has 3 heteroatoms. The molecule has 0 N–H and O–H groups in total. The van der Waals surface area contributed by atoms with Crippen LogP contribution < -0.4 is 0 Å². The van der Waals surface area contributed by atoms with E-state index in [2.05, 4.69) is 6.92 Å². The highest BCUT2D eigenvalue weighted by molar-refractivity contribution is 6.08. The minimum Gasteiger partial charge on any atom is -0.147 e. The molecule has 0 atom stereocenters. The molecule has 0 saturated heterocycles. The van der Waals surface area contributed by atoms with Crippen LogP contribution in [0.15, 0.2) is 0 Å². The summed E-state index contributed by atoms with van der Waals surface area (Å²) in [5, 5.41) is 0. The van der Waals surface area contributed by atoms with Gasteiger partial charge in [-0.25, -0.2) is 0 Å². The molecule has 2 radical (unpaired) electrons. The summed E-state index contributed by atoms with van der Waals surface area (Å²) in [7, 11) is 5.34. The molecule has 0 nitrogen and oxygen atoms in total. The summed E-state index contributed by atoms with van der Waals surface area (Å²) >= 11 is 0. The molecule has 0 saturated carbocycles. The topological polar surface area (TPSA) is 0 Å². The second kappa shape index (κ2) is 16.9. The maximum atomic E-state index is 5.34. The molecule has 0 aromatic heterocycles. The van der Waals surface area contributed by atoms with Crippen molar-refractivity contribution >= 4 is 32.7 Å². The van der Waals surface area contributed by atoms with Crippen molar-refractivity contribution in [2.24, 2.45) is 0 Å². The predicted octanol–water partition coefficient (Wildman–Crippen LogP) is 3.78. The Morgan fingerprint density at radius 3 is 1.73 bits per heavy atom. The van der Waals surface area contributed by atoms with Gasteiger partial charge in [-0.3, -0.25) is 0 Å². The van der Waals surface area contributed by atoms with E-state index in [9.17, 15) is 0 Å². The Bertz CT molecular complexity index is 45.4. The summed E-state index contributed by atoms with van der Waals surface area (Å²) < 4.78 is 0. The van der Waals surface area contributed by atoms with Gasteiger partial charge in [0.05, 0.1) is 7.85 Å². The lowest BCUT2D eigenvalue weighted by atomic mass is 9.98. The Hall–Kier alpha value is 0.645. The second-order valence-corrected chi connectivity index (χ2v) is 2.56. The van der Waals surface area contributed by atoms with Crippen molar-refractivity contribution in [3.63, 3.8) is 0 Å². The van der Waals surface area contributed by atoms with Gasteiger partial charge in [-0.15, -0.1) is 24.8 Å². The fourth-order valence-electron chi connectivity index (χ4n) is 0.925. The fraction of sp³-hybridized carbons (Fsp3) is 1.00. The van der Waals surface area contributed by atoms with E-state index in [0.29, 0.717) is 0 Å². The van der Waals surface area contributed by atoms with Gasteiger partial charge < -0.3 is 0 Å². The Morgan fingerprint density at radius 2 is 1.27 bits per heavy atom. The lowest BCUT2D eigenvalue weighted by Gasteiger charge is -1.96. The molecular formula is C8H19BCl2. The third-order valence-electron chi connectivity index (χ3n) is 1.56. The highest BCUT2D eigenvalue weighted by Gasteiger charge is 1.85. The molecule has 0 aliphatic heterocycles. The molecule has 0 aromatic rings. The van der Waals surface area contributed by atoms with E-state index in [4.69, 9.17) is 7.85 Å². The molecule has 68 valence electrons. The van der Waals surface area contributed by atoms with Crippen molar-refractivity contribution in [3.8, 4) is 0 Å². The summed E-state index contributed by atoms with van der Waals surface area (Å²) in [6.45, 7) is 2.24. The summed E-state index contributed by atoms with van der Waals surface area (Å²) in [6.07, 6.45) is 8.92. The van der Waals surface area contributed by atoms with Gasteiger partial charge in [0, 0.05) is 0 Å². The van der Waals surface area contributed by atoms with Crippen LogP contribution in [0.1, 0.15) is 45.4 Å². The normalized spacial score (nSPS) is 8.09. The van der Waals surface area contributed by atoms with Gasteiger partial charge in [0.1, 0.15) is 0 Å². The first-order valence-corrected chi connectivity index (χ1v) is 4.12. The first-order chi connectivity index (χ1) is 4.41. The van der Waals surface area contributed by atoms with Crippen LogP contribution in [0.25, 0.3) is 0 Å². The Labute approximate surface area is 84.8 Å². The average Bonchev–Trinajstić information content (AvgIpc) is 1.89. The van der Waals surface area contributed by atoms with E-state index in [1.807, 2.05) is 0 Å². The van der Waals surface area contributed by atoms with Gasteiger partial charge in [-0.05, 0) is 0 Å². The molecule has 0 unspecified atom stereocenters. The third kappa shape index (κ3) is 18.0. The van der Waals surface area contributed by atoms with Crippen molar-refractivity contribution in [2.45, 2.75) is 51.8 Å². The molecule has 11 heavy (non-hydrogen) atoms. The smallest absolute Gasteiger partial charge is 0.0653 e. The summed E-state index contributed by atoms with van der Waals surface area (Å²) in [4.78, 5) is 0. The van der Waals surface area contributed by atoms with Crippen molar-refractivity contribution in [3.05, 3.63) is 0 Å². The number of halogens is 2. The minimum absolute atomic E-state index is 0. The van der Waals surface area contributed by atoms with Crippen LogP contribution in [-0.2, 0) is 0 Å². The highest BCUT2D eigenvalue weighted by atomic mass is 35.5. The zero-order valence-electron chi connectivity index (χ0n) is 7.34. The molecule has 0 amide bonds. The molecule has 0 heterocycles. The SMILES string of the molecule is Cl.Cl.[B]CCCCCCCC. The third-order valence-corrected chi connectivity index (χ3v) is 1.56. The van der Waals surface area contributed by atoms with Crippen molar-refractivity contribution in [2.75, 3.05) is 0 Å².